The van der Waals surface area contributed by atoms with Crippen LogP contribution in [0.4, 0.5) is 5.82 Å². The maximum atomic E-state index is 12.4. The van der Waals surface area contributed by atoms with Crippen LogP contribution in [0.3, 0.4) is 0 Å². The van der Waals surface area contributed by atoms with Gasteiger partial charge in [0.1, 0.15) is 5.82 Å². The molecule has 1 aromatic carbocycles. The van der Waals surface area contributed by atoms with E-state index in [0.29, 0.717) is 10.8 Å². The quantitative estimate of drug-likeness (QED) is 0.791. The topological polar surface area (TPSA) is 64.7 Å². The number of benzene rings is 1. The molecule has 0 radical (unpaired) electrons. The number of hydrogen-bond donors (Lipinski definition) is 1. The summed E-state index contributed by atoms with van der Waals surface area (Å²) in [6, 6.07) is 7.32. The fourth-order valence-electron chi connectivity index (χ4n) is 2.45. The molecule has 0 spiro atoms. The number of aromatic nitrogens is 4. The minimum absolute atomic E-state index is 0.110. The minimum Gasteiger partial charge on any atom is -0.310 e. The molecule has 6 nitrogen and oxygen atoms in total. The van der Waals surface area contributed by atoms with Gasteiger partial charge in [-0.1, -0.05) is 11.6 Å². The van der Waals surface area contributed by atoms with Gasteiger partial charge in [-0.3, -0.25) is 9.48 Å². The number of amides is 1. The van der Waals surface area contributed by atoms with E-state index in [-0.39, 0.29) is 12.3 Å². The molecule has 2 heterocycles. The summed E-state index contributed by atoms with van der Waals surface area (Å²) in [5, 5.41) is 12.2. The Morgan fingerprint density at radius 2 is 1.96 bits per heavy atom. The molecule has 0 atom stereocenters. The molecule has 7 heteroatoms. The molecule has 124 valence electrons. The van der Waals surface area contributed by atoms with Gasteiger partial charge in [0.25, 0.3) is 0 Å². The molecule has 0 saturated heterocycles. The van der Waals surface area contributed by atoms with Crippen molar-refractivity contribution in [2.45, 2.75) is 20.3 Å². The van der Waals surface area contributed by atoms with E-state index in [4.69, 9.17) is 11.6 Å². The van der Waals surface area contributed by atoms with Crippen LogP contribution >= 0.6 is 11.6 Å². The molecule has 1 N–H and O–H groups in total. The van der Waals surface area contributed by atoms with Crippen LogP contribution in [0.25, 0.3) is 5.69 Å². The zero-order chi connectivity index (χ0) is 17.3. The van der Waals surface area contributed by atoms with Crippen LogP contribution in [-0.2, 0) is 18.3 Å². The normalized spacial score (nSPS) is 10.8. The molecule has 3 rings (SSSR count). The van der Waals surface area contributed by atoms with Gasteiger partial charge >= 0.3 is 0 Å². The Hall–Kier alpha value is -2.60. The summed E-state index contributed by atoms with van der Waals surface area (Å²) in [5.74, 6) is 0.560. The maximum Gasteiger partial charge on any atom is 0.230 e. The second kappa shape index (κ2) is 6.49. The Balaban J connectivity index is 1.87. The van der Waals surface area contributed by atoms with E-state index in [9.17, 15) is 4.79 Å². The molecule has 24 heavy (non-hydrogen) atoms. The van der Waals surface area contributed by atoms with Crippen LogP contribution in [0, 0.1) is 13.8 Å². The van der Waals surface area contributed by atoms with Gasteiger partial charge < -0.3 is 5.32 Å². The van der Waals surface area contributed by atoms with Crippen molar-refractivity contribution in [1.29, 1.82) is 0 Å². The van der Waals surface area contributed by atoms with E-state index in [1.54, 1.807) is 27.7 Å². The van der Waals surface area contributed by atoms with Gasteiger partial charge in [-0.05, 0) is 43.7 Å². The average molecular weight is 344 g/mol. The number of rotatable bonds is 4. The number of carbonyl (C=O) groups is 1. The van der Waals surface area contributed by atoms with E-state index < -0.39 is 0 Å². The first-order valence-electron chi connectivity index (χ1n) is 7.53. The lowest BCUT2D eigenvalue weighted by Gasteiger charge is -2.10. The second-order valence-corrected chi connectivity index (χ2v) is 6.13. The molecule has 3 aromatic rings. The predicted octanol–water partition coefficient (Wildman–Crippen LogP) is 3.06. The summed E-state index contributed by atoms with van der Waals surface area (Å²) in [7, 11) is 1.82. The highest BCUT2D eigenvalue weighted by Gasteiger charge is 2.16. The highest BCUT2D eigenvalue weighted by atomic mass is 35.5. The zero-order valence-electron chi connectivity index (χ0n) is 13.7. The maximum absolute atomic E-state index is 12.4. The highest BCUT2D eigenvalue weighted by molar-refractivity contribution is 6.30. The van der Waals surface area contributed by atoms with Gasteiger partial charge in [0.15, 0.2) is 0 Å². The predicted molar refractivity (Wildman–Crippen MR) is 93.6 cm³/mol. The summed E-state index contributed by atoms with van der Waals surface area (Å²) in [6.07, 6.45) is 3.78. The summed E-state index contributed by atoms with van der Waals surface area (Å²) in [5.41, 5.74) is 3.50. The Labute approximate surface area is 145 Å². The lowest BCUT2D eigenvalue weighted by Crippen LogP contribution is -2.17. The van der Waals surface area contributed by atoms with E-state index in [1.807, 2.05) is 39.2 Å². The van der Waals surface area contributed by atoms with Crippen molar-refractivity contribution in [1.82, 2.24) is 19.6 Å². The largest absolute Gasteiger partial charge is 0.310 e. The molecule has 1 amide bonds. The summed E-state index contributed by atoms with van der Waals surface area (Å²) < 4.78 is 3.40. The van der Waals surface area contributed by atoms with Crippen molar-refractivity contribution in [3.63, 3.8) is 0 Å². The third-order valence-electron chi connectivity index (χ3n) is 3.81. The van der Waals surface area contributed by atoms with Crippen LogP contribution in [0.15, 0.2) is 36.7 Å². The molecule has 0 saturated carbocycles. The van der Waals surface area contributed by atoms with Crippen LogP contribution in [0.5, 0.6) is 0 Å². The monoisotopic (exact) mass is 343 g/mol. The molecular weight excluding hydrogens is 326 g/mol. The first kappa shape index (κ1) is 16.3. The summed E-state index contributed by atoms with van der Waals surface area (Å²) >= 11 is 5.94. The van der Waals surface area contributed by atoms with Crippen LogP contribution in [0.2, 0.25) is 5.02 Å². The standard InChI is InChI=1S/C17H18ClN5O/c1-11-12(2)21-23(15-6-4-14(18)5-7-15)17(11)20-16(24)8-13-9-19-22(3)10-13/h4-7,9-10H,8H2,1-3H3,(H,20,24). The molecule has 0 fully saturated rings. The van der Waals surface area contributed by atoms with Crippen LogP contribution in [0.1, 0.15) is 16.8 Å². The molecule has 0 aliphatic heterocycles. The summed E-state index contributed by atoms with van der Waals surface area (Å²) in [6.45, 7) is 3.85. The Morgan fingerprint density at radius 1 is 1.25 bits per heavy atom. The number of hydrogen-bond acceptors (Lipinski definition) is 3. The molecule has 2 aromatic heterocycles. The Kier molecular flexibility index (Phi) is 4.40. The average Bonchev–Trinajstić information content (AvgIpc) is 3.06. The minimum atomic E-state index is -0.110. The third-order valence-corrected chi connectivity index (χ3v) is 4.06. The van der Waals surface area contributed by atoms with Gasteiger partial charge in [-0.2, -0.15) is 10.2 Å². The van der Waals surface area contributed by atoms with Crippen LogP contribution < -0.4 is 5.32 Å². The number of carbonyl (C=O) groups excluding carboxylic acids is 1. The van der Waals surface area contributed by atoms with Gasteiger partial charge in [0, 0.05) is 23.8 Å². The number of anilines is 1. The smallest absolute Gasteiger partial charge is 0.230 e. The van der Waals surface area contributed by atoms with Crippen molar-refractivity contribution in [3.05, 3.63) is 58.5 Å². The van der Waals surface area contributed by atoms with E-state index in [0.717, 1.165) is 22.5 Å². The Bertz CT molecular complexity index is 879. The van der Waals surface area contributed by atoms with E-state index >= 15 is 0 Å². The molecule has 0 aliphatic rings. The van der Waals surface area contributed by atoms with Crippen molar-refractivity contribution in [3.8, 4) is 5.69 Å². The fraction of sp³-hybridized carbons (Fsp3) is 0.235. The highest BCUT2D eigenvalue weighted by Crippen LogP contribution is 2.24. The molecular formula is C17H18ClN5O. The SMILES string of the molecule is Cc1nn(-c2ccc(Cl)cc2)c(NC(=O)Cc2cnn(C)c2)c1C. The van der Waals surface area contributed by atoms with Crippen molar-refractivity contribution in [2.24, 2.45) is 7.05 Å². The first-order valence-corrected chi connectivity index (χ1v) is 7.91. The molecule has 0 unspecified atom stereocenters. The summed E-state index contributed by atoms with van der Waals surface area (Å²) in [4.78, 5) is 12.4. The Morgan fingerprint density at radius 3 is 2.58 bits per heavy atom. The van der Waals surface area contributed by atoms with Gasteiger partial charge in [0.2, 0.25) is 5.91 Å². The van der Waals surface area contributed by atoms with Gasteiger partial charge in [0.05, 0.1) is 24.0 Å². The number of aryl methyl sites for hydroxylation is 2. The number of halogens is 1. The van der Waals surface area contributed by atoms with E-state index in [1.165, 1.54) is 0 Å². The van der Waals surface area contributed by atoms with Gasteiger partial charge in [-0.15, -0.1) is 0 Å². The van der Waals surface area contributed by atoms with Crippen LogP contribution in [-0.4, -0.2) is 25.5 Å². The molecule has 0 bridgehead atoms. The number of nitrogens with zero attached hydrogens (tertiary/aromatic N) is 4. The first-order chi connectivity index (χ1) is 11.4. The lowest BCUT2D eigenvalue weighted by molar-refractivity contribution is -0.115. The van der Waals surface area contributed by atoms with Gasteiger partial charge in [-0.25, -0.2) is 4.68 Å². The van der Waals surface area contributed by atoms with Crippen molar-refractivity contribution >= 4 is 23.3 Å². The van der Waals surface area contributed by atoms with Crippen molar-refractivity contribution < 1.29 is 4.79 Å². The van der Waals surface area contributed by atoms with Crippen molar-refractivity contribution in [2.75, 3.05) is 5.32 Å². The second-order valence-electron chi connectivity index (χ2n) is 5.69. The number of nitrogens with one attached hydrogen (secondary N) is 1. The fourth-order valence-corrected chi connectivity index (χ4v) is 2.57. The lowest BCUT2D eigenvalue weighted by atomic mass is 10.2. The van der Waals surface area contributed by atoms with E-state index in [2.05, 4.69) is 15.5 Å². The third kappa shape index (κ3) is 3.33. The molecule has 0 aliphatic carbocycles. The zero-order valence-corrected chi connectivity index (χ0v) is 14.5.